The summed E-state index contributed by atoms with van der Waals surface area (Å²) < 4.78 is 23.0. The van der Waals surface area contributed by atoms with Crippen LogP contribution in [0.15, 0.2) is 0 Å². The predicted molar refractivity (Wildman–Crippen MR) is 318 cm³/mol. The largest absolute Gasteiger partial charge is 0.477 e. The third-order valence-electron chi connectivity index (χ3n) is 15.4. The Balaban J connectivity index is 4.09. The van der Waals surface area contributed by atoms with Crippen molar-refractivity contribution >= 4 is 17.9 Å². The van der Waals surface area contributed by atoms with Crippen LogP contribution in [0.5, 0.6) is 0 Å². The summed E-state index contributed by atoms with van der Waals surface area (Å²) in [5, 5.41) is 9.73. The van der Waals surface area contributed by atoms with Crippen molar-refractivity contribution in [3.05, 3.63) is 0 Å². The second-order valence-electron chi connectivity index (χ2n) is 24.2. The van der Waals surface area contributed by atoms with E-state index in [1.54, 1.807) is 0 Å². The summed E-state index contributed by atoms with van der Waals surface area (Å²) in [6.07, 6.45) is 64.9. The topological polar surface area (TPSA) is 108 Å². The average molecular weight is 1070 g/mol. The van der Waals surface area contributed by atoms with Crippen molar-refractivity contribution in [3.63, 3.8) is 0 Å². The number of nitrogens with zero attached hydrogens (tertiary/aromatic N) is 1. The number of hydrogen-bond donors (Lipinski definition) is 1. The number of quaternary nitrogens is 1. The van der Waals surface area contributed by atoms with Gasteiger partial charge in [-0.15, -0.1) is 0 Å². The van der Waals surface area contributed by atoms with E-state index in [0.717, 1.165) is 38.5 Å². The summed E-state index contributed by atoms with van der Waals surface area (Å²) in [4.78, 5) is 37.5. The quantitative estimate of drug-likeness (QED) is 0.0278. The van der Waals surface area contributed by atoms with Crippen LogP contribution in [0.1, 0.15) is 348 Å². The number of aliphatic carboxylic acids is 1. The van der Waals surface area contributed by atoms with Crippen molar-refractivity contribution < 1.29 is 42.9 Å². The second-order valence-corrected chi connectivity index (χ2v) is 24.2. The lowest BCUT2D eigenvalue weighted by Gasteiger charge is -2.25. The highest BCUT2D eigenvalue weighted by Gasteiger charge is 2.25. The van der Waals surface area contributed by atoms with Gasteiger partial charge >= 0.3 is 17.9 Å². The van der Waals surface area contributed by atoms with E-state index in [9.17, 15) is 19.5 Å². The molecule has 9 heteroatoms. The molecular weight excluding hydrogens is 935 g/mol. The summed E-state index contributed by atoms with van der Waals surface area (Å²) in [6.45, 7) is 4.97. The van der Waals surface area contributed by atoms with Crippen LogP contribution >= 0.6 is 0 Å². The van der Waals surface area contributed by atoms with Gasteiger partial charge in [0.05, 0.1) is 34.4 Å². The minimum atomic E-state index is -1.50. The first-order chi connectivity index (χ1) is 36.6. The number of esters is 2. The molecule has 1 N–H and O–H groups in total. The zero-order valence-electron chi connectivity index (χ0n) is 51.0. The van der Waals surface area contributed by atoms with Crippen LogP contribution < -0.4 is 0 Å². The highest BCUT2D eigenvalue weighted by atomic mass is 16.7. The van der Waals surface area contributed by atoms with E-state index >= 15 is 0 Å². The van der Waals surface area contributed by atoms with Crippen LogP contribution in [-0.2, 0) is 33.3 Å². The number of ether oxygens (including phenoxy) is 4. The molecule has 0 aromatic rings. The average Bonchev–Trinajstić information content (AvgIpc) is 3.38. The first-order valence-corrected chi connectivity index (χ1v) is 33.2. The smallest absolute Gasteiger partial charge is 0.361 e. The molecule has 0 heterocycles. The fraction of sp³-hybridized carbons (Fsp3) is 0.955. The van der Waals surface area contributed by atoms with Gasteiger partial charge in [0, 0.05) is 12.8 Å². The van der Waals surface area contributed by atoms with Gasteiger partial charge in [-0.3, -0.25) is 9.59 Å². The minimum Gasteiger partial charge on any atom is -0.477 e. The Labute approximate surface area is 466 Å². The van der Waals surface area contributed by atoms with E-state index in [-0.39, 0.29) is 38.2 Å². The normalized spacial score (nSPS) is 12.6. The minimum absolute atomic E-state index is 0.172. The molecule has 0 saturated heterocycles. The highest BCUT2D eigenvalue weighted by Crippen LogP contribution is 2.19. The van der Waals surface area contributed by atoms with Gasteiger partial charge in [-0.2, -0.15) is 0 Å². The Kier molecular flexibility index (Phi) is 57.1. The predicted octanol–water partition coefficient (Wildman–Crippen LogP) is 19.9. The molecule has 2 unspecified atom stereocenters. The van der Waals surface area contributed by atoms with Crippen molar-refractivity contribution in [3.8, 4) is 0 Å². The first kappa shape index (κ1) is 73.3. The van der Waals surface area contributed by atoms with Crippen LogP contribution in [0.4, 0.5) is 0 Å². The molecule has 0 aliphatic heterocycles. The molecule has 2 atom stereocenters. The Bertz CT molecular complexity index is 1190. The molecule has 0 saturated carbocycles. The van der Waals surface area contributed by atoms with E-state index in [4.69, 9.17) is 18.9 Å². The molecule has 0 amide bonds. The standard InChI is InChI=1S/C66H129NO8/c1-6-8-10-12-14-16-18-20-22-24-26-28-30-32-34-36-38-40-42-44-46-48-50-52-54-56-63(68)73-60-62(61-74-66(65(70)71)72-59-58-67(3,4)5)75-64(69)57-55-53-51-49-47-45-43-41-39-37-35-33-31-29-27-25-23-21-19-17-15-13-11-9-7-2/h62,66H,6-61H2,1-5H3/p+1. The molecule has 0 aliphatic rings. The molecule has 75 heavy (non-hydrogen) atoms. The number of carbonyl (C=O) groups excluding carboxylic acids is 2. The summed E-state index contributed by atoms with van der Waals surface area (Å²) in [5.74, 6) is -1.97. The van der Waals surface area contributed by atoms with Gasteiger partial charge in [-0.1, -0.05) is 322 Å². The third kappa shape index (κ3) is 59.8. The lowest BCUT2D eigenvalue weighted by atomic mass is 10.0. The zero-order chi connectivity index (χ0) is 54.8. The molecule has 0 spiro atoms. The van der Waals surface area contributed by atoms with Crippen LogP contribution in [0, 0.1) is 0 Å². The number of hydrogen-bond acceptors (Lipinski definition) is 7. The van der Waals surface area contributed by atoms with Crippen molar-refractivity contribution in [2.45, 2.75) is 360 Å². The van der Waals surface area contributed by atoms with Crippen LogP contribution in [0.25, 0.3) is 0 Å². The van der Waals surface area contributed by atoms with Gasteiger partial charge in [0.2, 0.25) is 0 Å². The van der Waals surface area contributed by atoms with Gasteiger partial charge in [-0.05, 0) is 12.8 Å². The highest BCUT2D eigenvalue weighted by molar-refractivity contribution is 5.71. The van der Waals surface area contributed by atoms with Crippen LogP contribution in [0.2, 0.25) is 0 Å². The number of rotatable bonds is 63. The zero-order valence-corrected chi connectivity index (χ0v) is 51.0. The van der Waals surface area contributed by atoms with E-state index in [0.29, 0.717) is 17.4 Å². The second kappa shape index (κ2) is 58.4. The third-order valence-corrected chi connectivity index (χ3v) is 15.4. The Morgan fingerprint density at radius 1 is 0.347 bits per heavy atom. The lowest BCUT2D eigenvalue weighted by Crippen LogP contribution is -2.40. The van der Waals surface area contributed by atoms with E-state index in [1.807, 2.05) is 21.1 Å². The SMILES string of the molecule is CCCCCCCCCCCCCCCCCCCCCCCCCCCC(=O)OCC(COC(OCC[N+](C)(C)C)C(=O)O)OC(=O)CCCCCCCCCCCCCCCCCCCCCCCCCCC. The summed E-state index contributed by atoms with van der Waals surface area (Å²) in [6, 6.07) is 0. The number of likely N-dealkylation sites (N-methyl/N-ethyl adjacent to an activating group) is 1. The fourth-order valence-electron chi connectivity index (χ4n) is 10.3. The Morgan fingerprint density at radius 3 is 0.853 bits per heavy atom. The summed E-state index contributed by atoms with van der Waals surface area (Å²) in [5.41, 5.74) is 0. The molecule has 0 aliphatic carbocycles. The maximum Gasteiger partial charge on any atom is 0.361 e. The molecule has 0 radical (unpaired) electrons. The molecule has 446 valence electrons. The maximum atomic E-state index is 12.9. The Hall–Kier alpha value is -1.71. The molecule has 0 bridgehead atoms. The van der Waals surface area contributed by atoms with Crippen molar-refractivity contribution in [1.82, 2.24) is 0 Å². The van der Waals surface area contributed by atoms with E-state index in [1.165, 1.54) is 283 Å². The van der Waals surface area contributed by atoms with Gasteiger partial charge in [-0.25, -0.2) is 4.79 Å². The van der Waals surface area contributed by atoms with Gasteiger partial charge in [0.15, 0.2) is 6.10 Å². The van der Waals surface area contributed by atoms with Gasteiger partial charge in [0.25, 0.3) is 6.29 Å². The van der Waals surface area contributed by atoms with Crippen molar-refractivity contribution in [2.75, 3.05) is 47.5 Å². The summed E-state index contributed by atoms with van der Waals surface area (Å²) in [7, 11) is 5.99. The van der Waals surface area contributed by atoms with Crippen molar-refractivity contribution in [1.29, 1.82) is 0 Å². The maximum absolute atomic E-state index is 12.9. The number of carboxylic acid groups (broad SMARTS) is 1. The molecule has 0 aromatic carbocycles. The first-order valence-electron chi connectivity index (χ1n) is 33.2. The van der Waals surface area contributed by atoms with Gasteiger partial charge in [0.1, 0.15) is 13.2 Å². The van der Waals surface area contributed by atoms with E-state index in [2.05, 4.69) is 13.8 Å². The number of carboxylic acids is 1. The number of carbonyl (C=O) groups is 3. The molecule has 0 aromatic heterocycles. The van der Waals surface area contributed by atoms with Crippen molar-refractivity contribution in [2.24, 2.45) is 0 Å². The van der Waals surface area contributed by atoms with Crippen LogP contribution in [-0.4, -0.2) is 87.4 Å². The molecule has 0 fully saturated rings. The van der Waals surface area contributed by atoms with E-state index < -0.39 is 18.4 Å². The Morgan fingerprint density at radius 2 is 0.600 bits per heavy atom. The monoisotopic (exact) mass is 1060 g/mol. The van der Waals surface area contributed by atoms with Crippen LogP contribution in [0.3, 0.4) is 0 Å². The number of unbranched alkanes of at least 4 members (excludes halogenated alkanes) is 48. The molecular formula is C66H130NO8+. The lowest BCUT2D eigenvalue weighted by molar-refractivity contribution is -0.870. The summed E-state index contributed by atoms with van der Waals surface area (Å²) >= 11 is 0. The van der Waals surface area contributed by atoms with Gasteiger partial charge < -0.3 is 28.5 Å². The fourth-order valence-corrected chi connectivity index (χ4v) is 10.3. The molecule has 0 rings (SSSR count). The molecule has 9 nitrogen and oxygen atoms in total.